The van der Waals surface area contributed by atoms with Gasteiger partial charge >= 0.3 is 0 Å². The quantitative estimate of drug-likeness (QED) is 0.446. The molecule has 0 amide bonds. The summed E-state index contributed by atoms with van der Waals surface area (Å²) in [4.78, 5) is 0. The molecule has 0 N–H and O–H groups in total. The molecule has 92 valence electrons. The predicted molar refractivity (Wildman–Crippen MR) is 67.5 cm³/mol. The Bertz CT molecular complexity index is 294. The van der Waals surface area contributed by atoms with Gasteiger partial charge in [-0.05, 0) is 10.8 Å². The van der Waals surface area contributed by atoms with E-state index in [2.05, 4.69) is 60.6 Å². The van der Waals surface area contributed by atoms with E-state index in [9.17, 15) is 0 Å². The van der Waals surface area contributed by atoms with Gasteiger partial charge in [0, 0.05) is 21.1 Å². The summed E-state index contributed by atoms with van der Waals surface area (Å²) in [5.74, 6) is 0.566. The van der Waals surface area contributed by atoms with Crippen LogP contribution in [-0.2, 0) is 21.1 Å². The molecule has 1 atom stereocenters. The molecule has 0 nitrogen and oxygen atoms in total. The van der Waals surface area contributed by atoms with Gasteiger partial charge in [-0.15, -0.1) is 0 Å². The first-order chi connectivity index (χ1) is 6.60. The molecule has 1 unspecified atom stereocenters. The van der Waals surface area contributed by atoms with Gasteiger partial charge in [-0.1, -0.05) is 60.8 Å². The van der Waals surface area contributed by atoms with Crippen molar-refractivity contribution in [2.75, 3.05) is 0 Å². The van der Waals surface area contributed by atoms with Gasteiger partial charge in [-0.3, -0.25) is 6.08 Å². The number of hydrogen-bond donors (Lipinski definition) is 0. The standard InChI is InChI=1S/C15H25.Mo/c1-11-8-12(14(2,3)4)10-13(9-11)15(5,6)7;/h8,13H,9H2,1-7H3;/q-1;. The Morgan fingerprint density at radius 3 is 2.00 bits per heavy atom. The molecule has 0 bridgehead atoms. The summed E-state index contributed by atoms with van der Waals surface area (Å²) >= 11 is 0. The van der Waals surface area contributed by atoms with E-state index in [1.807, 2.05) is 0 Å². The molecule has 0 saturated heterocycles. The molecule has 0 aliphatic heterocycles. The van der Waals surface area contributed by atoms with Crippen molar-refractivity contribution in [3.63, 3.8) is 0 Å². The van der Waals surface area contributed by atoms with Crippen LogP contribution in [0.5, 0.6) is 0 Å². The summed E-state index contributed by atoms with van der Waals surface area (Å²) in [5, 5.41) is 0. The third-order valence-corrected chi connectivity index (χ3v) is 3.10. The maximum Gasteiger partial charge on any atom is 0 e. The largest absolute Gasteiger partial charge is 0.267 e. The number of allylic oxidation sites excluding steroid dienone is 4. The summed E-state index contributed by atoms with van der Waals surface area (Å²) in [5.41, 5.74) is 3.43. The Hall–Kier alpha value is 0.168. The van der Waals surface area contributed by atoms with E-state index in [1.54, 1.807) is 0 Å². The summed E-state index contributed by atoms with van der Waals surface area (Å²) in [6.45, 7) is 16.0. The van der Waals surface area contributed by atoms with Crippen LogP contribution in [0.1, 0.15) is 54.9 Å². The summed E-state index contributed by atoms with van der Waals surface area (Å²) in [6, 6.07) is 0. The van der Waals surface area contributed by atoms with E-state index >= 15 is 0 Å². The van der Waals surface area contributed by atoms with Crippen LogP contribution in [0.3, 0.4) is 0 Å². The second kappa shape index (κ2) is 5.21. The van der Waals surface area contributed by atoms with Gasteiger partial charge in [-0.25, -0.2) is 11.6 Å². The Labute approximate surface area is 116 Å². The minimum Gasteiger partial charge on any atom is -0.267 e. The van der Waals surface area contributed by atoms with Gasteiger partial charge in [0.15, 0.2) is 0 Å². The molecule has 0 saturated carbocycles. The third-order valence-electron chi connectivity index (χ3n) is 3.10. The molecule has 0 heterocycles. The fourth-order valence-corrected chi connectivity index (χ4v) is 1.86. The van der Waals surface area contributed by atoms with Crippen LogP contribution in [0, 0.1) is 22.8 Å². The first-order valence-electron chi connectivity index (χ1n) is 5.92. The third kappa shape index (κ3) is 4.21. The number of hydrogen-bond acceptors (Lipinski definition) is 0. The van der Waals surface area contributed by atoms with Gasteiger partial charge in [0.25, 0.3) is 0 Å². The van der Waals surface area contributed by atoms with Crippen LogP contribution in [0.2, 0.25) is 0 Å². The summed E-state index contributed by atoms with van der Waals surface area (Å²) < 4.78 is 0. The average molecular weight is 301 g/mol. The topological polar surface area (TPSA) is 0 Å². The second-order valence-corrected chi connectivity index (χ2v) is 6.92. The van der Waals surface area contributed by atoms with Crippen LogP contribution >= 0.6 is 0 Å². The zero-order valence-corrected chi connectivity index (χ0v) is 13.8. The SMILES string of the molecule is CC1=CC(C(C)(C)C)=[C-]C(C(C)(C)C)C1.[Mo]. The first kappa shape index (κ1) is 16.2. The molecular weight excluding hydrogens is 276 g/mol. The van der Waals surface area contributed by atoms with E-state index in [0.717, 1.165) is 0 Å². The molecule has 16 heavy (non-hydrogen) atoms. The fraction of sp³-hybridized carbons (Fsp3) is 0.733. The Morgan fingerprint density at radius 1 is 1.12 bits per heavy atom. The Morgan fingerprint density at radius 2 is 1.62 bits per heavy atom. The minimum absolute atomic E-state index is 0. The molecule has 1 aliphatic carbocycles. The minimum atomic E-state index is 0. The first-order valence-corrected chi connectivity index (χ1v) is 5.92. The van der Waals surface area contributed by atoms with Crippen molar-refractivity contribution in [1.29, 1.82) is 0 Å². The van der Waals surface area contributed by atoms with E-state index in [0.29, 0.717) is 11.3 Å². The van der Waals surface area contributed by atoms with Crippen molar-refractivity contribution in [1.82, 2.24) is 0 Å². The van der Waals surface area contributed by atoms with Crippen LogP contribution in [0.25, 0.3) is 0 Å². The smallest absolute Gasteiger partial charge is 0 e. The normalized spacial score (nSPS) is 22.1. The molecule has 0 spiro atoms. The zero-order chi connectivity index (χ0) is 11.9. The Kier molecular flexibility index (Phi) is 5.27. The fourth-order valence-electron chi connectivity index (χ4n) is 1.86. The van der Waals surface area contributed by atoms with E-state index in [1.165, 1.54) is 17.6 Å². The number of rotatable bonds is 0. The van der Waals surface area contributed by atoms with E-state index in [-0.39, 0.29) is 26.5 Å². The van der Waals surface area contributed by atoms with Gasteiger partial charge < -0.3 is 0 Å². The van der Waals surface area contributed by atoms with Crippen LogP contribution in [0.15, 0.2) is 17.2 Å². The van der Waals surface area contributed by atoms with E-state index in [4.69, 9.17) is 0 Å². The molecule has 0 radical (unpaired) electrons. The monoisotopic (exact) mass is 303 g/mol. The van der Waals surface area contributed by atoms with Crippen molar-refractivity contribution in [2.24, 2.45) is 16.7 Å². The summed E-state index contributed by atoms with van der Waals surface area (Å²) in [6.07, 6.45) is 7.20. The molecule has 0 aromatic heterocycles. The van der Waals surface area contributed by atoms with Gasteiger partial charge in [0.05, 0.1) is 0 Å². The van der Waals surface area contributed by atoms with Crippen molar-refractivity contribution in [3.05, 3.63) is 23.3 Å². The van der Waals surface area contributed by atoms with Crippen molar-refractivity contribution in [3.8, 4) is 0 Å². The summed E-state index contributed by atoms with van der Waals surface area (Å²) in [7, 11) is 0. The van der Waals surface area contributed by atoms with Crippen molar-refractivity contribution in [2.45, 2.75) is 54.9 Å². The maximum atomic E-state index is 3.70. The maximum absolute atomic E-state index is 3.70. The molecular formula is C15H25Mo-. The van der Waals surface area contributed by atoms with Crippen LogP contribution in [-0.4, -0.2) is 0 Å². The molecule has 0 aromatic carbocycles. The zero-order valence-electron chi connectivity index (χ0n) is 11.8. The predicted octanol–water partition coefficient (Wildman–Crippen LogP) is 4.77. The Balaban J connectivity index is 0.00000225. The molecule has 1 aliphatic rings. The van der Waals surface area contributed by atoms with Crippen molar-refractivity contribution >= 4 is 0 Å². The average Bonchev–Trinajstić information content (AvgIpc) is 1.99. The van der Waals surface area contributed by atoms with Crippen LogP contribution < -0.4 is 0 Å². The van der Waals surface area contributed by atoms with Crippen LogP contribution in [0.4, 0.5) is 0 Å². The molecule has 1 rings (SSSR count). The van der Waals surface area contributed by atoms with Gasteiger partial charge in [0.1, 0.15) is 0 Å². The van der Waals surface area contributed by atoms with E-state index < -0.39 is 0 Å². The second-order valence-electron chi connectivity index (χ2n) is 6.92. The van der Waals surface area contributed by atoms with Gasteiger partial charge in [-0.2, -0.15) is 5.57 Å². The molecule has 0 fully saturated rings. The van der Waals surface area contributed by atoms with Crippen molar-refractivity contribution < 1.29 is 21.1 Å². The molecule has 0 aromatic rings. The van der Waals surface area contributed by atoms with Gasteiger partial charge in [0.2, 0.25) is 0 Å². The molecule has 1 heteroatoms.